The minimum absolute atomic E-state index is 0.100. The first kappa shape index (κ1) is 7.60. The van der Waals surface area contributed by atoms with E-state index in [1.807, 2.05) is 0 Å². The van der Waals surface area contributed by atoms with Crippen molar-refractivity contribution < 1.29 is 14.1 Å². The first-order valence-corrected chi connectivity index (χ1v) is 3.59. The predicted molar refractivity (Wildman–Crippen MR) is 44.2 cm³/mol. The highest BCUT2D eigenvalue weighted by Gasteiger charge is 2.09. The van der Waals surface area contributed by atoms with Crippen molar-refractivity contribution in [3.8, 4) is 5.88 Å². The Kier molecular flexibility index (Phi) is 1.63. The maximum absolute atomic E-state index is 10.4. The van der Waals surface area contributed by atoms with Crippen molar-refractivity contribution in [3.05, 3.63) is 24.3 Å². The van der Waals surface area contributed by atoms with Gasteiger partial charge in [0.05, 0.1) is 5.39 Å². The SMILES string of the molecule is NC(=O)Oc1noc2ccccc12. The zero-order valence-corrected chi connectivity index (χ0v) is 6.56. The van der Waals surface area contributed by atoms with Gasteiger partial charge in [0.15, 0.2) is 5.58 Å². The van der Waals surface area contributed by atoms with Gasteiger partial charge in [-0.05, 0) is 17.3 Å². The fourth-order valence-corrected chi connectivity index (χ4v) is 1.03. The van der Waals surface area contributed by atoms with E-state index in [-0.39, 0.29) is 5.88 Å². The Hall–Kier alpha value is -2.04. The van der Waals surface area contributed by atoms with Crippen LogP contribution in [0.25, 0.3) is 11.0 Å². The number of benzene rings is 1. The van der Waals surface area contributed by atoms with Crippen molar-refractivity contribution in [1.82, 2.24) is 5.16 Å². The third kappa shape index (κ3) is 1.31. The molecule has 1 aromatic heterocycles. The maximum Gasteiger partial charge on any atom is 0.411 e. The number of nitrogens with two attached hydrogens (primary N) is 1. The van der Waals surface area contributed by atoms with Crippen LogP contribution in [0.2, 0.25) is 0 Å². The largest absolute Gasteiger partial charge is 0.411 e. The van der Waals surface area contributed by atoms with Crippen LogP contribution >= 0.6 is 0 Å². The van der Waals surface area contributed by atoms with Crippen molar-refractivity contribution in [2.45, 2.75) is 0 Å². The van der Waals surface area contributed by atoms with E-state index < -0.39 is 6.09 Å². The average Bonchev–Trinajstić information content (AvgIpc) is 2.48. The van der Waals surface area contributed by atoms with E-state index in [1.165, 1.54) is 0 Å². The van der Waals surface area contributed by atoms with Crippen LogP contribution in [0.15, 0.2) is 28.8 Å². The molecule has 0 aliphatic carbocycles. The van der Waals surface area contributed by atoms with Gasteiger partial charge in [0, 0.05) is 0 Å². The molecule has 0 radical (unpaired) electrons. The molecule has 0 saturated heterocycles. The summed E-state index contributed by atoms with van der Waals surface area (Å²) in [6.07, 6.45) is -0.904. The summed E-state index contributed by atoms with van der Waals surface area (Å²) >= 11 is 0. The molecule has 66 valence electrons. The summed E-state index contributed by atoms with van der Waals surface area (Å²) in [5.41, 5.74) is 5.39. The highest BCUT2D eigenvalue weighted by Crippen LogP contribution is 2.23. The number of rotatable bonds is 1. The van der Waals surface area contributed by atoms with E-state index in [4.69, 9.17) is 10.3 Å². The zero-order chi connectivity index (χ0) is 9.26. The minimum atomic E-state index is -0.904. The first-order valence-electron chi connectivity index (χ1n) is 3.59. The molecule has 2 rings (SSSR count). The monoisotopic (exact) mass is 178 g/mol. The molecular formula is C8H6N2O3. The second-order valence-electron chi connectivity index (χ2n) is 2.40. The summed E-state index contributed by atoms with van der Waals surface area (Å²) < 4.78 is 9.47. The lowest BCUT2D eigenvalue weighted by molar-refractivity contribution is 0.207. The second kappa shape index (κ2) is 2.78. The Labute approximate surface area is 73.1 Å². The summed E-state index contributed by atoms with van der Waals surface area (Å²) in [7, 11) is 0. The number of nitrogens with zero attached hydrogens (tertiary/aromatic N) is 1. The smallest absolute Gasteiger partial charge is 0.387 e. The molecule has 0 fully saturated rings. The van der Waals surface area contributed by atoms with E-state index >= 15 is 0 Å². The van der Waals surface area contributed by atoms with Crippen molar-refractivity contribution in [1.29, 1.82) is 0 Å². The van der Waals surface area contributed by atoms with Crippen molar-refractivity contribution >= 4 is 17.1 Å². The summed E-state index contributed by atoms with van der Waals surface area (Å²) in [5, 5.41) is 4.16. The number of ether oxygens (including phenoxy) is 1. The highest BCUT2D eigenvalue weighted by atomic mass is 16.6. The molecule has 1 amide bonds. The number of para-hydroxylation sites is 1. The standard InChI is InChI=1S/C8H6N2O3/c9-8(11)12-7-5-3-1-2-4-6(5)13-10-7/h1-4H,(H2,9,11). The van der Waals surface area contributed by atoms with Gasteiger partial charge in [-0.1, -0.05) is 12.1 Å². The molecule has 2 aromatic rings. The third-order valence-electron chi connectivity index (χ3n) is 1.54. The van der Waals surface area contributed by atoms with Crippen LogP contribution in [0.5, 0.6) is 5.88 Å². The first-order chi connectivity index (χ1) is 6.27. The molecule has 0 aliphatic rings. The normalized spacial score (nSPS) is 10.2. The van der Waals surface area contributed by atoms with E-state index in [1.54, 1.807) is 24.3 Å². The zero-order valence-electron chi connectivity index (χ0n) is 6.56. The molecule has 0 atom stereocenters. The number of primary amides is 1. The molecule has 0 spiro atoms. The molecule has 0 saturated carbocycles. The Bertz CT molecular complexity index is 449. The molecule has 13 heavy (non-hydrogen) atoms. The predicted octanol–water partition coefficient (Wildman–Crippen LogP) is 1.29. The molecule has 0 unspecified atom stereocenters. The number of hydrogen-bond donors (Lipinski definition) is 1. The van der Waals surface area contributed by atoms with E-state index in [2.05, 4.69) is 9.89 Å². The number of carbonyl (C=O) groups excluding carboxylic acids is 1. The van der Waals surface area contributed by atoms with Crippen molar-refractivity contribution in [3.63, 3.8) is 0 Å². The topological polar surface area (TPSA) is 78.4 Å². The van der Waals surface area contributed by atoms with Crippen LogP contribution in [0.4, 0.5) is 4.79 Å². The molecular weight excluding hydrogens is 172 g/mol. The Morgan fingerprint density at radius 3 is 3.00 bits per heavy atom. The van der Waals surface area contributed by atoms with Gasteiger partial charge in [-0.2, -0.15) is 0 Å². The lowest BCUT2D eigenvalue weighted by atomic mass is 10.3. The molecule has 2 N–H and O–H groups in total. The van der Waals surface area contributed by atoms with Crippen LogP contribution in [0, 0.1) is 0 Å². The van der Waals surface area contributed by atoms with E-state index in [9.17, 15) is 4.79 Å². The number of aromatic nitrogens is 1. The quantitative estimate of drug-likeness (QED) is 0.713. The average molecular weight is 178 g/mol. The van der Waals surface area contributed by atoms with Crippen LogP contribution in [0.3, 0.4) is 0 Å². The summed E-state index contributed by atoms with van der Waals surface area (Å²) in [6.45, 7) is 0. The minimum Gasteiger partial charge on any atom is -0.387 e. The molecule has 0 aliphatic heterocycles. The summed E-state index contributed by atoms with van der Waals surface area (Å²) in [6, 6.07) is 7.02. The Morgan fingerprint density at radius 2 is 2.23 bits per heavy atom. The molecule has 5 heteroatoms. The second-order valence-corrected chi connectivity index (χ2v) is 2.40. The molecule has 1 aromatic carbocycles. The van der Waals surface area contributed by atoms with Crippen LogP contribution in [-0.4, -0.2) is 11.2 Å². The van der Waals surface area contributed by atoms with Gasteiger partial charge in [-0.15, -0.1) is 0 Å². The molecule has 5 nitrogen and oxygen atoms in total. The van der Waals surface area contributed by atoms with Gasteiger partial charge in [0.1, 0.15) is 0 Å². The van der Waals surface area contributed by atoms with Crippen LogP contribution in [0.1, 0.15) is 0 Å². The van der Waals surface area contributed by atoms with Crippen molar-refractivity contribution in [2.24, 2.45) is 5.73 Å². The van der Waals surface area contributed by atoms with E-state index in [0.717, 1.165) is 0 Å². The van der Waals surface area contributed by atoms with Gasteiger partial charge in [0.2, 0.25) is 0 Å². The lowest BCUT2D eigenvalue weighted by Crippen LogP contribution is -2.16. The van der Waals surface area contributed by atoms with Crippen molar-refractivity contribution in [2.75, 3.05) is 0 Å². The summed E-state index contributed by atoms with van der Waals surface area (Å²) in [4.78, 5) is 10.4. The van der Waals surface area contributed by atoms with Gasteiger partial charge >= 0.3 is 6.09 Å². The maximum atomic E-state index is 10.4. The van der Waals surface area contributed by atoms with Crippen LogP contribution < -0.4 is 10.5 Å². The highest BCUT2D eigenvalue weighted by molar-refractivity contribution is 5.84. The Balaban J connectivity index is 2.51. The van der Waals surface area contributed by atoms with Gasteiger partial charge in [-0.25, -0.2) is 4.79 Å². The van der Waals surface area contributed by atoms with Gasteiger partial charge in [0.25, 0.3) is 5.88 Å². The van der Waals surface area contributed by atoms with Gasteiger partial charge < -0.3 is 15.0 Å². The van der Waals surface area contributed by atoms with Gasteiger partial charge in [-0.3, -0.25) is 0 Å². The van der Waals surface area contributed by atoms with Crippen LogP contribution in [-0.2, 0) is 0 Å². The molecule has 1 heterocycles. The fourth-order valence-electron chi connectivity index (χ4n) is 1.03. The van der Waals surface area contributed by atoms with E-state index in [0.29, 0.717) is 11.0 Å². The third-order valence-corrected chi connectivity index (χ3v) is 1.54. The number of fused-ring (bicyclic) bond motifs is 1. The number of carbonyl (C=O) groups is 1. The molecule has 0 bridgehead atoms. The number of amides is 1. The lowest BCUT2D eigenvalue weighted by Gasteiger charge is -1.92. The summed E-state index contributed by atoms with van der Waals surface area (Å²) in [5.74, 6) is 0.100. The number of hydrogen-bond acceptors (Lipinski definition) is 4. The fraction of sp³-hybridized carbons (Fsp3) is 0. The Morgan fingerprint density at radius 1 is 1.46 bits per heavy atom.